The second-order valence-electron chi connectivity index (χ2n) is 2.70. The maximum atomic E-state index is 5.69. The molecule has 0 radical (unpaired) electrons. The summed E-state index contributed by atoms with van der Waals surface area (Å²) in [7, 11) is 0.987. The van der Waals surface area contributed by atoms with Gasteiger partial charge in [0, 0.05) is 25.6 Å². The average Bonchev–Trinajstić information content (AvgIpc) is 2.19. The van der Waals surface area contributed by atoms with Crippen LogP contribution in [0.3, 0.4) is 0 Å². The maximum Gasteiger partial charge on any atom is 0.584 e. The Hall–Kier alpha value is 0.797. The van der Waals surface area contributed by atoms with Crippen LogP contribution in [0.15, 0.2) is 0 Å². The molecular formula is C9H22O3S2Si. The average molecular weight is 270 g/mol. The lowest BCUT2D eigenvalue weighted by Crippen LogP contribution is -2.42. The molecule has 15 heavy (non-hydrogen) atoms. The highest BCUT2D eigenvalue weighted by molar-refractivity contribution is 8.87. The fourth-order valence-electron chi connectivity index (χ4n) is 0.925. The van der Waals surface area contributed by atoms with E-state index < -0.39 is 7.95 Å². The number of hydrogen-bond acceptors (Lipinski definition) is 5. The Morgan fingerprint density at radius 2 is 1.33 bits per heavy atom. The second kappa shape index (κ2) is 9.98. The van der Waals surface area contributed by atoms with Gasteiger partial charge in [0.05, 0.1) is 0 Å². The third kappa shape index (κ3) is 6.86. The summed E-state index contributed by atoms with van der Waals surface area (Å²) < 4.78 is 17.1. The molecule has 0 atom stereocenters. The van der Waals surface area contributed by atoms with Crippen LogP contribution in [0.1, 0.15) is 34.1 Å². The van der Waals surface area contributed by atoms with Crippen LogP contribution >= 0.6 is 21.0 Å². The highest BCUT2D eigenvalue weighted by Crippen LogP contribution is 2.35. The van der Waals surface area contributed by atoms with Gasteiger partial charge in [-0.15, -0.1) is 0 Å². The zero-order valence-corrected chi connectivity index (χ0v) is 12.7. The molecule has 92 valence electrons. The molecule has 0 unspecified atom stereocenters. The topological polar surface area (TPSA) is 27.7 Å². The Bertz CT molecular complexity index is 132. The molecule has 0 aromatic rings. The van der Waals surface area contributed by atoms with Crippen molar-refractivity contribution in [1.82, 2.24) is 0 Å². The molecule has 6 heteroatoms. The molecule has 0 bridgehead atoms. The van der Waals surface area contributed by atoms with Crippen LogP contribution in [0.25, 0.3) is 0 Å². The van der Waals surface area contributed by atoms with Gasteiger partial charge in [-0.3, -0.25) is 0 Å². The van der Waals surface area contributed by atoms with Crippen molar-refractivity contribution >= 4 is 29.0 Å². The summed E-state index contributed by atoms with van der Waals surface area (Å²) in [6.45, 7) is 10.0. The molecular weight excluding hydrogens is 248 g/mol. The fourth-order valence-corrected chi connectivity index (χ4v) is 8.80. The molecule has 0 fully saturated rings. The van der Waals surface area contributed by atoms with E-state index >= 15 is 0 Å². The van der Waals surface area contributed by atoms with Gasteiger partial charge in [-0.1, -0.05) is 17.7 Å². The number of hydrogen-bond donors (Lipinski definition) is 0. The molecule has 0 aromatic carbocycles. The van der Waals surface area contributed by atoms with E-state index in [0.717, 1.165) is 12.2 Å². The third-order valence-electron chi connectivity index (χ3n) is 1.41. The normalized spacial score (nSPS) is 12.0. The van der Waals surface area contributed by atoms with Gasteiger partial charge < -0.3 is 13.3 Å². The Morgan fingerprint density at radius 1 is 0.867 bits per heavy atom. The Morgan fingerprint density at radius 3 is 1.67 bits per heavy atom. The van der Waals surface area contributed by atoms with Gasteiger partial charge >= 0.3 is 7.95 Å². The molecule has 0 spiro atoms. The minimum absolute atomic E-state index is 0.645. The minimum Gasteiger partial charge on any atom is -0.365 e. The van der Waals surface area contributed by atoms with Crippen LogP contribution in [0, 0.1) is 0 Å². The summed E-state index contributed by atoms with van der Waals surface area (Å²) in [5, 5.41) is 0. The van der Waals surface area contributed by atoms with E-state index in [9.17, 15) is 0 Å². The SMILES string of the molecule is CCCSS[Si](OCC)(OCC)OCC. The number of rotatable bonds is 10. The minimum atomic E-state index is -2.45. The van der Waals surface area contributed by atoms with Gasteiger partial charge in [-0.25, -0.2) is 0 Å². The first-order valence-electron chi connectivity index (χ1n) is 5.47. The summed E-state index contributed by atoms with van der Waals surface area (Å²) in [4.78, 5) is 0. The highest BCUT2D eigenvalue weighted by atomic mass is 33.2. The van der Waals surface area contributed by atoms with Crippen LogP contribution in [-0.2, 0) is 13.3 Å². The molecule has 0 saturated carbocycles. The van der Waals surface area contributed by atoms with E-state index in [1.54, 1.807) is 21.0 Å². The summed E-state index contributed by atoms with van der Waals surface area (Å²) in [5.74, 6) is 1.10. The molecule has 0 rings (SSSR count). The zero-order chi connectivity index (χ0) is 11.6. The summed E-state index contributed by atoms with van der Waals surface area (Å²) in [6.07, 6.45) is 1.16. The first kappa shape index (κ1) is 15.8. The smallest absolute Gasteiger partial charge is 0.365 e. The van der Waals surface area contributed by atoms with Gasteiger partial charge in [0.1, 0.15) is 0 Å². The van der Waals surface area contributed by atoms with Crippen molar-refractivity contribution in [3.63, 3.8) is 0 Å². The van der Waals surface area contributed by atoms with E-state index in [1.165, 1.54) is 0 Å². The fraction of sp³-hybridized carbons (Fsp3) is 1.00. The molecule has 0 heterocycles. The maximum absolute atomic E-state index is 5.69. The zero-order valence-electron chi connectivity index (χ0n) is 10.1. The lowest BCUT2D eigenvalue weighted by Gasteiger charge is -2.26. The van der Waals surface area contributed by atoms with Crippen LogP contribution < -0.4 is 0 Å². The molecule has 0 saturated heterocycles. The Labute approximate surface area is 102 Å². The van der Waals surface area contributed by atoms with E-state index in [0.29, 0.717) is 19.8 Å². The quantitative estimate of drug-likeness (QED) is 0.345. The van der Waals surface area contributed by atoms with Crippen LogP contribution in [-0.4, -0.2) is 33.5 Å². The molecule has 3 nitrogen and oxygen atoms in total. The Kier molecular flexibility index (Phi) is 10.5. The lowest BCUT2D eigenvalue weighted by molar-refractivity contribution is 0.0971. The lowest BCUT2D eigenvalue weighted by atomic mass is 10.6. The van der Waals surface area contributed by atoms with Crippen molar-refractivity contribution in [2.24, 2.45) is 0 Å². The van der Waals surface area contributed by atoms with Gasteiger partial charge in [0.15, 0.2) is 0 Å². The predicted molar refractivity (Wildman–Crippen MR) is 71.0 cm³/mol. The molecule has 0 amide bonds. The molecule has 0 aliphatic carbocycles. The van der Waals surface area contributed by atoms with E-state index in [4.69, 9.17) is 13.3 Å². The molecule has 0 aliphatic heterocycles. The van der Waals surface area contributed by atoms with Crippen molar-refractivity contribution in [2.45, 2.75) is 34.1 Å². The third-order valence-corrected chi connectivity index (χ3v) is 9.66. The molecule has 0 aromatic heterocycles. The van der Waals surface area contributed by atoms with Crippen LogP contribution in [0.5, 0.6) is 0 Å². The standard InChI is InChI=1S/C9H22O3S2Si/c1-5-9-13-14-15(10-6-2,11-7-3)12-8-4/h5-9H2,1-4H3. The summed E-state index contributed by atoms with van der Waals surface area (Å²) in [6, 6.07) is 0. The van der Waals surface area contributed by atoms with Crippen molar-refractivity contribution in [2.75, 3.05) is 25.6 Å². The van der Waals surface area contributed by atoms with Gasteiger partial charge in [-0.05, 0) is 37.4 Å². The highest BCUT2D eigenvalue weighted by Gasteiger charge is 2.42. The molecule has 0 N–H and O–H groups in total. The van der Waals surface area contributed by atoms with E-state index in [2.05, 4.69) is 6.92 Å². The van der Waals surface area contributed by atoms with Crippen molar-refractivity contribution in [3.05, 3.63) is 0 Å². The van der Waals surface area contributed by atoms with Gasteiger partial charge in [0.2, 0.25) is 0 Å². The molecule has 0 aliphatic rings. The first-order valence-corrected chi connectivity index (χ1v) is 10.2. The second-order valence-corrected chi connectivity index (χ2v) is 9.59. The van der Waals surface area contributed by atoms with Crippen LogP contribution in [0.4, 0.5) is 0 Å². The Balaban J connectivity index is 4.18. The summed E-state index contributed by atoms with van der Waals surface area (Å²) in [5.41, 5.74) is 0. The van der Waals surface area contributed by atoms with Gasteiger partial charge in [-0.2, -0.15) is 0 Å². The van der Waals surface area contributed by atoms with Crippen molar-refractivity contribution in [1.29, 1.82) is 0 Å². The largest absolute Gasteiger partial charge is 0.584 e. The monoisotopic (exact) mass is 270 g/mol. The van der Waals surface area contributed by atoms with Crippen molar-refractivity contribution < 1.29 is 13.3 Å². The predicted octanol–water partition coefficient (Wildman–Crippen LogP) is 3.32. The summed E-state index contributed by atoms with van der Waals surface area (Å²) >= 11 is 0. The van der Waals surface area contributed by atoms with Crippen molar-refractivity contribution in [3.8, 4) is 0 Å². The van der Waals surface area contributed by atoms with E-state index in [-0.39, 0.29) is 0 Å². The van der Waals surface area contributed by atoms with E-state index in [1.807, 2.05) is 20.8 Å². The van der Waals surface area contributed by atoms with Gasteiger partial charge in [0.25, 0.3) is 0 Å². The van der Waals surface area contributed by atoms with Crippen LogP contribution in [0.2, 0.25) is 0 Å². The first-order chi connectivity index (χ1) is 7.24.